The molecule has 1 heterocycles. The second-order valence-corrected chi connectivity index (χ2v) is 4.29. The average molecular weight is 319 g/mol. The number of rotatable bonds is 2. The summed E-state index contributed by atoms with van der Waals surface area (Å²) < 4.78 is 0.571. The van der Waals surface area contributed by atoms with Gasteiger partial charge in [0.25, 0.3) is 0 Å². The first-order chi connectivity index (χ1) is 6.38. The molecule has 1 rings (SSSR count). The number of hydrogen-bond acceptors (Lipinski definition) is 2. The monoisotopic (exact) mass is 319 g/mol. The Morgan fingerprint density at radius 3 is 2.33 bits per heavy atom. The minimum Gasteiger partial charge on any atom is -1.00 e. The fourth-order valence-corrected chi connectivity index (χ4v) is 1.25. The number of hydrogen-bond donors (Lipinski definition) is 0. The van der Waals surface area contributed by atoms with Crippen molar-refractivity contribution in [2.24, 2.45) is 5.10 Å². The minimum atomic E-state index is 0. The molecule has 0 atom stereocenters. The third kappa shape index (κ3) is 5.22. The molecule has 4 heteroatoms. The smallest absolute Gasteiger partial charge is 0.118 e. The quantitative estimate of drug-likeness (QED) is 0.292. The summed E-state index contributed by atoms with van der Waals surface area (Å²) >= 11 is 0. The van der Waals surface area contributed by atoms with Gasteiger partial charge in [-0.05, 0) is 26.0 Å². The van der Waals surface area contributed by atoms with Crippen LogP contribution in [0.25, 0.3) is 0 Å². The Morgan fingerprint density at radius 1 is 1.27 bits per heavy atom. The van der Waals surface area contributed by atoms with Crippen molar-refractivity contribution in [3.63, 3.8) is 0 Å². The number of pyridine rings is 1. The first-order valence-corrected chi connectivity index (χ1v) is 4.71. The SMILES string of the molecule is C/C(=N\[N+](C)(C)C)c1cccc(C)n1.[I-]. The molecular weight excluding hydrogens is 301 g/mol. The molecule has 0 spiro atoms. The zero-order valence-electron chi connectivity index (χ0n) is 9.95. The van der Waals surface area contributed by atoms with E-state index < -0.39 is 0 Å². The van der Waals surface area contributed by atoms with E-state index in [0.29, 0.717) is 4.59 Å². The highest BCUT2D eigenvalue weighted by atomic mass is 127. The van der Waals surface area contributed by atoms with E-state index in [1.165, 1.54) is 0 Å². The maximum absolute atomic E-state index is 4.51. The van der Waals surface area contributed by atoms with Crippen molar-refractivity contribution in [1.82, 2.24) is 4.98 Å². The van der Waals surface area contributed by atoms with Gasteiger partial charge in [-0.15, -0.1) is 0 Å². The van der Waals surface area contributed by atoms with Crippen molar-refractivity contribution in [2.45, 2.75) is 13.8 Å². The van der Waals surface area contributed by atoms with Crippen LogP contribution in [-0.2, 0) is 0 Å². The van der Waals surface area contributed by atoms with Crippen LogP contribution < -0.4 is 24.0 Å². The highest BCUT2D eigenvalue weighted by Crippen LogP contribution is 2.02. The minimum absolute atomic E-state index is 0. The average Bonchev–Trinajstić information content (AvgIpc) is 2.01. The maximum Gasteiger partial charge on any atom is 0.118 e. The molecule has 0 saturated heterocycles. The Balaban J connectivity index is 0.00000196. The van der Waals surface area contributed by atoms with Crippen molar-refractivity contribution < 1.29 is 28.6 Å². The van der Waals surface area contributed by atoms with Crippen molar-refractivity contribution >= 4 is 5.71 Å². The molecule has 0 unspecified atom stereocenters. The summed E-state index contributed by atoms with van der Waals surface area (Å²) in [6.45, 7) is 3.98. The van der Waals surface area contributed by atoms with Crippen molar-refractivity contribution in [2.75, 3.05) is 21.1 Å². The van der Waals surface area contributed by atoms with Crippen LogP contribution >= 0.6 is 0 Å². The molecular formula is C11H18IN3. The van der Waals surface area contributed by atoms with Crippen LogP contribution in [-0.4, -0.2) is 36.4 Å². The molecule has 3 nitrogen and oxygen atoms in total. The Morgan fingerprint density at radius 2 is 1.87 bits per heavy atom. The molecule has 0 bridgehead atoms. The fraction of sp³-hybridized carbons (Fsp3) is 0.455. The van der Waals surface area contributed by atoms with Crippen LogP contribution in [0.3, 0.4) is 0 Å². The lowest BCUT2D eigenvalue weighted by Crippen LogP contribution is -3.00. The van der Waals surface area contributed by atoms with Crippen LogP contribution in [0.15, 0.2) is 23.3 Å². The predicted molar refractivity (Wildman–Crippen MR) is 59.2 cm³/mol. The van der Waals surface area contributed by atoms with Gasteiger partial charge in [-0.25, -0.2) is 4.59 Å². The summed E-state index contributed by atoms with van der Waals surface area (Å²) in [5, 5.41) is 4.51. The van der Waals surface area contributed by atoms with Gasteiger partial charge in [-0.2, -0.15) is 0 Å². The van der Waals surface area contributed by atoms with E-state index in [-0.39, 0.29) is 24.0 Å². The lowest BCUT2D eigenvalue weighted by atomic mass is 10.2. The number of aromatic nitrogens is 1. The molecule has 1 aromatic rings. The van der Waals surface area contributed by atoms with Gasteiger partial charge in [-0.1, -0.05) is 11.2 Å². The molecule has 0 aliphatic heterocycles. The second-order valence-electron chi connectivity index (χ2n) is 4.29. The second kappa shape index (κ2) is 5.55. The summed E-state index contributed by atoms with van der Waals surface area (Å²) in [7, 11) is 6.08. The lowest BCUT2D eigenvalue weighted by Gasteiger charge is -2.16. The van der Waals surface area contributed by atoms with E-state index in [2.05, 4.69) is 10.1 Å². The number of aryl methyl sites for hydroxylation is 1. The van der Waals surface area contributed by atoms with Crippen LogP contribution in [0, 0.1) is 6.92 Å². The van der Waals surface area contributed by atoms with Gasteiger partial charge in [0.2, 0.25) is 0 Å². The standard InChI is InChI=1S/C11H18N3.HI/c1-9-7-6-8-11(12-9)10(2)13-14(3,4)5;/h6-8H,1-5H3;1H/q+1;/p-1/b13-10+;. The third-order valence-corrected chi connectivity index (χ3v) is 1.71. The molecule has 84 valence electrons. The van der Waals surface area contributed by atoms with Gasteiger partial charge in [-0.3, -0.25) is 4.98 Å². The summed E-state index contributed by atoms with van der Waals surface area (Å²) in [6, 6.07) is 5.98. The van der Waals surface area contributed by atoms with Gasteiger partial charge in [0.15, 0.2) is 0 Å². The maximum atomic E-state index is 4.51. The molecule has 0 fully saturated rings. The van der Waals surface area contributed by atoms with Crippen LogP contribution in [0.4, 0.5) is 0 Å². The third-order valence-electron chi connectivity index (χ3n) is 1.71. The molecule has 0 radical (unpaired) electrons. The van der Waals surface area contributed by atoms with E-state index in [1.54, 1.807) is 0 Å². The number of halogens is 1. The Kier molecular flexibility index (Phi) is 5.37. The summed E-state index contributed by atoms with van der Waals surface area (Å²) in [6.07, 6.45) is 0. The van der Waals surface area contributed by atoms with Gasteiger partial charge in [0.1, 0.15) is 5.71 Å². The summed E-state index contributed by atoms with van der Waals surface area (Å²) in [5.41, 5.74) is 2.96. The number of quaternary nitrogens is 1. The van der Waals surface area contributed by atoms with Crippen molar-refractivity contribution in [3.05, 3.63) is 29.6 Å². The van der Waals surface area contributed by atoms with Crippen LogP contribution in [0.5, 0.6) is 0 Å². The first kappa shape index (κ1) is 14.5. The zero-order valence-corrected chi connectivity index (χ0v) is 12.1. The Labute approximate surface area is 109 Å². The molecule has 0 amide bonds. The van der Waals surface area contributed by atoms with Gasteiger partial charge in [0, 0.05) is 5.69 Å². The summed E-state index contributed by atoms with van der Waals surface area (Å²) in [5.74, 6) is 0. The largest absolute Gasteiger partial charge is 1.00 e. The van der Waals surface area contributed by atoms with E-state index in [1.807, 2.05) is 53.2 Å². The van der Waals surface area contributed by atoms with Gasteiger partial charge < -0.3 is 24.0 Å². The van der Waals surface area contributed by atoms with E-state index >= 15 is 0 Å². The normalized spacial score (nSPS) is 12.2. The molecule has 0 aliphatic rings. The Bertz CT molecular complexity index is 353. The predicted octanol–water partition coefficient (Wildman–Crippen LogP) is -1.18. The van der Waals surface area contributed by atoms with E-state index in [4.69, 9.17) is 0 Å². The highest BCUT2D eigenvalue weighted by molar-refractivity contribution is 5.96. The first-order valence-electron chi connectivity index (χ1n) is 4.71. The van der Waals surface area contributed by atoms with E-state index in [0.717, 1.165) is 17.1 Å². The molecule has 0 N–H and O–H groups in total. The highest BCUT2D eigenvalue weighted by Gasteiger charge is 2.07. The van der Waals surface area contributed by atoms with Gasteiger partial charge in [0.05, 0.1) is 26.8 Å². The Hall–Kier alpha value is -0.490. The number of nitrogens with zero attached hydrogens (tertiary/aromatic N) is 3. The fourth-order valence-electron chi connectivity index (χ4n) is 1.25. The lowest BCUT2D eigenvalue weighted by molar-refractivity contribution is -0.877. The zero-order chi connectivity index (χ0) is 10.8. The molecule has 1 aromatic heterocycles. The molecule has 0 saturated carbocycles. The van der Waals surface area contributed by atoms with Crippen molar-refractivity contribution in [1.29, 1.82) is 0 Å². The topological polar surface area (TPSA) is 25.2 Å². The van der Waals surface area contributed by atoms with Crippen LogP contribution in [0.2, 0.25) is 0 Å². The molecule has 0 aliphatic carbocycles. The molecule has 15 heavy (non-hydrogen) atoms. The van der Waals surface area contributed by atoms with Gasteiger partial charge >= 0.3 is 0 Å². The van der Waals surface area contributed by atoms with E-state index in [9.17, 15) is 0 Å². The molecule has 0 aromatic carbocycles. The summed E-state index contributed by atoms with van der Waals surface area (Å²) in [4.78, 5) is 4.42. The van der Waals surface area contributed by atoms with Crippen molar-refractivity contribution in [3.8, 4) is 0 Å². The van der Waals surface area contributed by atoms with Crippen LogP contribution in [0.1, 0.15) is 18.3 Å².